The van der Waals surface area contributed by atoms with Crippen molar-refractivity contribution in [2.75, 3.05) is 19.3 Å². The minimum absolute atomic E-state index is 0. The second kappa shape index (κ2) is 42.9. The first-order valence-corrected chi connectivity index (χ1v) is 5.68. The lowest BCUT2D eigenvalue weighted by Gasteiger charge is -2.07. The fourth-order valence-electron chi connectivity index (χ4n) is 0.224. The fourth-order valence-corrected chi connectivity index (χ4v) is 0.224. The van der Waals surface area contributed by atoms with Crippen LogP contribution in [0.3, 0.4) is 0 Å². The van der Waals surface area contributed by atoms with Crippen molar-refractivity contribution in [2.45, 2.75) is 65.3 Å². The standard InChI is InChI=1S/C4H10N.C2H4O2.CH4O3S.6CH4/c1-3-5-4-2;1-2(3)4;1-5(2,3)4;;;;;;/h3-4H2,1-2H3;1H3,(H,3,4);1H3,(H,2,3,4);6*1H4/q-1;;;;;;;;/p-2. The van der Waals surface area contributed by atoms with Crippen molar-refractivity contribution in [3.05, 3.63) is 5.32 Å². The van der Waals surface area contributed by atoms with Crippen LogP contribution in [0.25, 0.3) is 5.32 Å². The van der Waals surface area contributed by atoms with Gasteiger partial charge in [-0.1, -0.05) is 58.4 Å². The molecule has 0 aromatic carbocycles. The highest BCUT2D eigenvalue weighted by Crippen LogP contribution is 1.77. The zero-order valence-corrected chi connectivity index (χ0v) is 9.63. The van der Waals surface area contributed by atoms with E-state index in [0.29, 0.717) is 6.26 Å². The Morgan fingerprint density at radius 1 is 0.950 bits per heavy atom. The lowest BCUT2D eigenvalue weighted by Crippen LogP contribution is -2.16. The van der Waals surface area contributed by atoms with E-state index in [-0.39, 0.29) is 44.6 Å². The zero-order chi connectivity index (χ0) is 12.2. The smallest absolute Gasteiger partial charge is 0.0916 e. The summed E-state index contributed by atoms with van der Waals surface area (Å²) in [5.41, 5.74) is 0. The summed E-state index contributed by atoms with van der Waals surface area (Å²) in [5, 5.41) is 12.9. The first-order chi connectivity index (χ1) is 6.15. The highest BCUT2D eigenvalue weighted by molar-refractivity contribution is 7.84. The van der Waals surface area contributed by atoms with Gasteiger partial charge in [-0.2, -0.15) is 13.1 Å². The van der Waals surface area contributed by atoms with Gasteiger partial charge in [-0.05, 0) is 6.92 Å². The molecule has 0 rings (SSSR count). The SMILES string of the molecule is C.C.C.C.C.C.CC(=O)[O-].CC[N-]CC.CS(=O)(=O)[O-]. The van der Waals surface area contributed by atoms with Crippen LogP contribution in [0.5, 0.6) is 0 Å². The van der Waals surface area contributed by atoms with E-state index in [4.69, 9.17) is 22.9 Å². The number of hydrogen-bond donors (Lipinski definition) is 0. The molecule has 0 aliphatic heterocycles. The maximum absolute atomic E-state index is 9.08. The molecule has 0 aromatic rings. The van der Waals surface area contributed by atoms with Crippen LogP contribution >= 0.6 is 0 Å². The summed E-state index contributed by atoms with van der Waals surface area (Å²) in [6.45, 7) is 7.00. The molecule has 0 radical (unpaired) electrons. The Labute approximate surface area is 129 Å². The van der Waals surface area contributed by atoms with Gasteiger partial charge in [-0.25, -0.2) is 8.42 Å². The Bertz CT molecular complexity index is 203. The van der Waals surface area contributed by atoms with Crippen LogP contribution < -0.4 is 5.11 Å². The van der Waals surface area contributed by atoms with Gasteiger partial charge in [0, 0.05) is 12.2 Å². The minimum Gasteiger partial charge on any atom is -0.748 e. The molecule has 0 heterocycles. The van der Waals surface area contributed by atoms with E-state index in [1.165, 1.54) is 0 Å². The van der Waals surface area contributed by atoms with Gasteiger partial charge < -0.3 is 19.8 Å². The Hall–Kier alpha value is -0.660. The van der Waals surface area contributed by atoms with Crippen molar-refractivity contribution in [2.24, 2.45) is 0 Å². The van der Waals surface area contributed by atoms with Crippen LogP contribution in [0.15, 0.2) is 0 Å². The predicted molar refractivity (Wildman–Crippen MR) is 91.1 cm³/mol. The highest BCUT2D eigenvalue weighted by Gasteiger charge is 1.65. The number of carbonyl (C=O) groups excluding carboxylic acids is 1. The van der Waals surface area contributed by atoms with Crippen LogP contribution in [0.4, 0.5) is 0 Å². The van der Waals surface area contributed by atoms with Crippen molar-refractivity contribution in [3.8, 4) is 0 Å². The van der Waals surface area contributed by atoms with E-state index in [1.807, 2.05) is 13.8 Å². The van der Waals surface area contributed by atoms with Gasteiger partial charge in [0.25, 0.3) is 0 Å². The van der Waals surface area contributed by atoms with E-state index >= 15 is 0 Å². The van der Waals surface area contributed by atoms with Gasteiger partial charge in [0.15, 0.2) is 0 Å². The van der Waals surface area contributed by atoms with Crippen LogP contribution in [0.2, 0.25) is 0 Å². The Morgan fingerprint density at radius 2 is 1.05 bits per heavy atom. The number of nitrogens with zero attached hydrogens (tertiary/aromatic N) is 1. The average Bonchev–Trinajstić information content (AvgIpc) is 1.83. The molecule has 0 atom stereocenters. The molecule has 136 valence electrons. The zero-order valence-electron chi connectivity index (χ0n) is 8.81. The molecule has 0 bridgehead atoms. The van der Waals surface area contributed by atoms with Gasteiger partial charge in [0.05, 0.1) is 10.1 Å². The van der Waals surface area contributed by atoms with Crippen LogP contribution in [0.1, 0.15) is 65.3 Å². The topological polar surface area (TPSA) is 111 Å². The summed E-state index contributed by atoms with van der Waals surface area (Å²) < 4.78 is 27.2. The molecule has 0 fully saturated rings. The van der Waals surface area contributed by atoms with Crippen LogP contribution in [-0.2, 0) is 14.9 Å². The second-order valence-corrected chi connectivity index (χ2v) is 3.46. The van der Waals surface area contributed by atoms with Gasteiger partial charge >= 0.3 is 0 Å². The third-order valence-electron chi connectivity index (χ3n) is 0.447. The molecule has 0 spiro atoms. The number of aliphatic carboxylic acids is 1. The minimum atomic E-state index is -3.92. The molecular weight excluding hydrogens is 282 g/mol. The van der Waals surface area contributed by atoms with Gasteiger partial charge in [0.2, 0.25) is 0 Å². The predicted octanol–water partition coefficient (Wildman–Crippen LogP) is 3.13. The number of hydrogen-bond acceptors (Lipinski definition) is 5. The number of carboxylic acids is 1. The van der Waals surface area contributed by atoms with Crippen molar-refractivity contribution in [3.63, 3.8) is 0 Å². The molecule has 7 heteroatoms. The van der Waals surface area contributed by atoms with Gasteiger partial charge in [0.1, 0.15) is 0 Å². The lowest BCUT2D eigenvalue weighted by molar-refractivity contribution is -0.302. The molecule has 0 aliphatic rings. The largest absolute Gasteiger partial charge is 0.748 e. The van der Waals surface area contributed by atoms with Crippen LogP contribution in [-0.4, -0.2) is 38.3 Å². The molecule has 20 heavy (non-hydrogen) atoms. The molecule has 0 N–H and O–H groups in total. The third kappa shape index (κ3) is 2580. The molecule has 6 nitrogen and oxygen atoms in total. The summed E-state index contributed by atoms with van der Waals surface area (Å²) in [7, 11) is -3.92. The number of carboxylic acid groups (broad SMARTS) is 1. The molecule has 0 saturated heterocycles. The number of carbonyl (C=O) groups is 1. The molecule has 0 amide bonds. The van der Waals surface area contributed by atoms with Crippen molar-refractivity contribution in [1.29, 1.82) is 0 Å². The Kier molecular flexibility index (Phi) is 130. The van der Waals surface area contributed by atoms with Gasteiger partial charge in [-0.3, -0.25) is 0 Å². The second-order valence-electron chi connectivity index (χ2n) is 2.05. The summed E-state index contributed by atoms with van der Waals surface area (Å²) in [6, 6.07) is 0. The van der Waals surface area contributed by atoms with E-state index in [9.17, 15) is 0 Å². The quantitative estimate of drug-likeness (QED) is 0.725. The summed E-state index contributed by atoms with van der Waals surface area (Å²) in [6.07, 6.45) is 0.604. The van der Waals surface area contributed by atoms with E-state index in [1.54, 1.807) is 0 Å². The third-order valence-corrected chi connectivity index (χ3v) is 0.447. The van der Waals surface area contributed by atoms with Crippen molar-refractivity contribution >= 4 is 16.1 Å². The van der Waals surface area contributed by atoms with E-state index in [2.05, 4.69) is 5.32 Å². The lowest BCUT2D eigenvalue weighted by atomic mass is 10.7. The molecular formula is C13H40NO5S-3. The maximum atomic E-state index is 9.08. The Balaban J connectivity index is -0.0000000113. The van der Waals surface area contributed by atoms with E-state index < -0.39 is 16.1 Å². The maximum Gasteiger partial charge on any atom is 0.0916 e. The first-order valence-electron chi connectivity index (χ1n) is 3.86. The van der Waals surface area contributed by atoms with Gasteiger partial charge in [-0.15, -0.1) is 0 Å². The van der Waals surface area contributed by atoms with Crippen molar-refractivity contribution < 1.29 is 22.9 Å². The normalized spacial score (nSPS) is 6.25. The van der Waals surface area contributed by atoms with E-state index in [0.717, 1.165) is 20.0 Å². The average molecular weight is 323 g/mol. The van der Waals surface area contributed by atoms with Crippen LogP contribution in [0, 0.1) is 0 Å². The number of rotatable bonds is 2. The molecule has 0 saturated carbocycles. The summed E-state index contributed by atoms with van der Waals surface area (Å²) in [4.78, 5) is 8.89. The monoisotopic (exact) mass is 322 g/mol. The molecule has 0 unspecified atom stereocenters. The molecule has 0 aromatic heterocycles. The summed E-state index contributed by atoms with van der Waals surface area (Å²) in [5.74, 6) is -1.08. The van der Waals surface area contributed by atoms with Crippen molar-refractivity contribution in [1.82, 2.24) is 0 Å². The summed E-state index contributed by atoms with van der Waals surface area (Å²) >= 11 is 0. The first kappa shape index (κ1) is 60.8. The fraction of sp³-hybridized carbons (Fsp3) is 0.923. The highest BCUT2D eigenvalue weighted by atomic mass is 32.2. The molecule has 0 aliphatic carbocycles. The Morgan fingerprint density at radius 3 is 1.05 bits per heavy atom.